The molecule has 138 valence electrons. The van der Waals surface area contributed by atoms with Crippen LogP contribution in [0, 0.1) is 10.6 Å². The molecule has 0 bridgehead atoms. The van der Waals surface area contributed by atoms with E-state index in [2.05, 4.69) is 5.32 Å². The first-order valence-electron chi connectivity index (χ1n) is 8.29. The standard InChI is InChI=1S/C19H22N2O5/c1-11(22)20-19(17(23)26-5)9-14-13-7-6-12(25-4)8-15(13)21(24)16(14)18(2,3)10-19/h6-9H,10H2,1-5H3,(H,20,22)/t19-/m1/s1. The van der Waals surface area contributed by atoms with Gasteiger partial charge in [-0.1, -0.05) is 0 Å². The third kappa shape index (κ3) is 2.55. The van der Waals surface area contributed by atoms with Crippen molar-refractivity contribution in [2.24, 2.45) is 5.41 Å². The number of nitrogens with one attached hydrogen (secondary N) is 1. The molecule has 1 aromatic rings. The Bertz CT molecular complexity index is 869. The number of hydrogen-bond acceptors (Lipinski definition) is 5. The number of hydrogen-bond donors (Lipinski definition) is 1. The summed E-state index contributed by atoms with van der Waals surface area (Å²) in [7, 11) is 2.82. The van der Waals surface area contributed by atoms with Crippen LogP contribution in [0.3, 0.4) is 0 Å². The van der Waals surface area contributed by atoms with Crippen molar-refractivity contribution in [1.29, 1.82) is 0 Å². The summed E-state index contributed by atoms with van der Waals surface area (Å²) >= 11 is 0. The fourth-order valence-corrected chi connectivity index (χ4v) is 4.01. The van der Waals surface area contributed by atoms with Gasteiger partial charge in [-0.15, -0.1) is 0 Å². The van der Waals surface area contributed by atoms with Gasteiger partial charge in [0, 0.05) is 6.92 Å². The Morgan fingerprint density at radius 3 is 2.54 bits per heavy atom. The van der Waals surface area contributed by atoms with E-state index in [1.165, 1.54) is 21.1 Å². The Labute approximate surface area is 151 Å². The summed E-state index contributed by atoms with van der Waals surface area (Å²) in [5, 5.41) is 15.7. The predicted molar refractivity (Wildman–Crippen MR) is 96.2 cm³/mol. The fraction of sp³-hybridized carbons (Fsp3) is 0.421. The molecule has 26 heavy (non-hydrogen) atoms. The average molecular weight is 358 g/mol. The van der Waals surface area contributed by atoms with Crippen molar-refractivity contribution in [3.63, 3.8) is 0 Å². The van der Waals surface area contributed by atoms with Gasteiger partial charge in [-0.3, -0.25) is 4.79 Å². The highest BCUT2D eigenvalue weighted by atomic mass is 16.5. The second-order valence-corrected chi connectivity index (χ2v) is 7.29. The van der Waals surface area contributed by atoms with Crippen LogP contribution in [0.25, 0.3) is 5.57 Å². The summed E-state index contributed by atoms with van der Waals surface area (Å²) < 4.78 is 11.1. The van der Waals surface area contributed by atoms with Gasteiger partial charge < -0.3 is 20.0 Å². The number of benzene rings is 1. The molecule has 3 rings (SSSR count). The topological polar surface area (TPSA) is 90.7 Å². The molecular formula is C19H22N2O5. The largest absolute Gasteiger partial charge is 0.618 e. The number of nitrogens with zero attached hydrogens (tertiary/aromatic N) is 1. The molecule has 0 saturated carbocycles. The van der Waals surface area contributed by atoms with Crippen LogP contribution in [0.15, 0.2) is 24.3 Å². The SMILES string of the molecule is COC(=O)[C@@]1(NC(C)=O)C=C2C(=[N+]([O-])c3cc(OC)ccc32)C(C)(C)C1. The average Bonchev–Trinajstić information content (AvgIpc) is 2.85. The molecule has 1 heterocycles. The molecular weight excluding hydrogens is 336 g/mol. The first-order chi connectivity index (χ1) is 12.1. The van der Waals surface area contributed by atoms with E-state index < -0.39 is 16.9 Å². The third-order valence-corrected chi connectivity index (χ3v) is 4.87. The first kappa shape index (κ1) is 18.0. The van der Waals surface area contributed by atoms with Gasteiger partial charge in [0.05, 0.1) is 36.8 Å². The van der Waals surface area contributed by atoms with Crippen LogP contribution in [0.5, 0.6) is 5.75 Å². The van der Waals surface area contributed by atoms with Gasteiger partial charge in [-0.2, -0.15) is 4.74 Å². The van der Waals surface area contributed by atoms with E-state index in [1.807, 2.05) is 13.8 Å². The molecule has 1 atom stereocenters. The number of amides is 1. The van der Waals surface area contributed by atoms with E-state index in [1.54, 1.807) is 24.3 Å². The second-order valence-electron chi connectivity index (χ2n) is 7.29. The van der Waals surface area contributed by atoms with E-state index in [0.717, 1.165) is 4.74 Å². The minimum Gasteiger partial charge on any atom is -0.618 e. The summed E-state index contributed by atoms with van der Waals surface area (Å²) in [5.41, 5.74) is 0.350. The molecule has 1 aromatic carbocycles. The number of rotatable bonds is 3. The van der Waals surface area contributed by atoms with E-state index in [-0.39, 0.29) is 12.3 Å². The van der Waals surface area contributed by atoms with Gasteiger partial charge in [0.25, 0.3) is 0 Å². The highest BCUT2D eigenvalue weighted by Gasteiger charge is 2.55. The zero-order valence-corrected chi connectivity index (χ0v) is 15.5. The van der Waals surface area contributed by atoms with E-state index >= 15 is 0 Å². The van der Waals surface area contributed by atoms with Crippen LogP contribution in [0.4, 0.5) is 5.69 Å². The Hall–Kier alpha value is -2.83. The summed E-state index contributed by atoms with van der Waals surface area (Å²) in [6, 6.07) is 5.22. The van der Waals surface area contributed by atoms with Crippen molar-refractivity contribution in [1.82, 2.24) is 5.32 Å². The molecule has 1 aliphatic carbocycles. The summed E-state index contributed by atoms with van der Waals surface area (Å²) in [6.45, 7) is 5.11. The predicted octanol–water partition coefficient (Wildman–Crippen LogP) is 2.15. The number of methoxy groups -OCH3 is 2. The van der Waals surface area contributed by atoms with Crippen molar-refractivity contribution in [3.8, 4) is 5.75 Å². The van der Waals surface area contributed by atoms with E-state index in [4.69, 9.17) is 9.47 Å². The summed E-state index contributed by atoms with van der Waals surface area (Å²) in [4.78, 5) is 24.4. The fourth-order valence-electron chi connectivity index (χ4n) is 4.01. The van der Waals surface area contributed by atoms with Gasteiger partial charge in [0.1, 0.15) is 5.75 Å². The Balaban J connectivity index is 2.28. The van der Waals surface area contributed by atoms with Crippen LogP contribution >= 0.6 is 0 Å². The number of allylic oxidation sites excluding steroid dienone is 1. The molecule has 1 N–H and O–H groups in total. The number of ether oxygens (including phenoxy) is 2. The molecule has 1 aliphatic heterocycles. The lowest BCUT2D eigenvalue weighted by atomic mass is 9.67. The minimum absolute atomic E-state index is 0.217. The first-order valence-corrected chi connectivity index (χ1v) is 8.29. The normalized spacial score (nSPS) is 22.9. The summed E-state index contributed by atoms with van der Waals surface area (Å²) in [5.74, 6) is -0.339. The maximum Gasteiger partial charge on any atom is 0.335 e. The van der Waals surface area contributed by atoms with Crippen molar-refractivity contribution >= 4 is 28.8 Å². The molecule has 0 fully saturated rings. The zero-order chi connectivity index (χ0) is 19.3. The van der Waals surface area contributed by atoms with Crippen LogP contribution in [-0.2, 0) is 14.3 Å². The lowest BCUT2D eigenvalue weighted by molar-refractivity contribution is -0.361. The van der Waals surface area contributed by atoms with E-state index in [0.29, 0.717) is 28.3 Å². The third-order valence-electron chi connectivity index (χ3n) is 4.87. The van der Waals surface area contributed by atoms with Gasteiger partial charge in [0.15, 0.2) is 5.54 Å². The number of esters is 1. The molecule has 0 spiro atoms. The number of carbonyl (C=O) groups excluding carboxylic acids is 2. The van der Waals surface area contributed by atoms with Gasteiger partial charge in [0.2, 0.25) is 17.3 Å². The Morgan fingerprint density at radius 2 is 1.96 bits per heavy atom. The molecule has 0 unspecified atom stereocenters. The number of carbonyl (C=O) groups is 2. The molecule has 2 aliphatic rings. The minimum atomic E-state index is -1.33. The monoisotopic (exact) mass is 358 g/mol. The maximum absolute atomic E-state index is 13.0. The van der Waals surface area contributed by atoms with Crippen LogP contribution in [0.2, 0.25) is 0 Å². The Kier molecular flexibility index (Phi) is 4.05. The van der Waals surface area contributed by atoms with Crippen LogP contribution in [0.1, 0.15) is 32.8 Å². The lowest BCUT2D eigenvalue weighted by Gasteiger charge is -2.39. The molecule has 0 saturated heterocycles. The second kappa shape index (κ2) is 5.86. The molecule has 7 heteroatoms. The highest BCUT2D eigenvalue weighted by molar-refractivity contribution is 6.29. The van der Waals surface area contributed by atoms with E-state index in [9.17, 15) is 14.8 Å². The van der Waals surface area contributed by atoms with Crippen molar-refractivity contribution < 1.29 is 23.8 Å². The lowest BCUT2D eigenvalue weighted by Crippen LogP contribution is -2.58. The number of fused-ring (bicyclic) bond motifs is 3. The molecule has 0 radical (unpaired) electrons. The van der Waals surface area contributed by atoms with Gasteiger partial charge >= 0.3 is 5.97 Å². The smallest absolute Gasteiger partial charge is 0.335 e. The highest BCUT2D eigenvalue weighted by Crippen LogP contribution is 2.48. The van der Waals surface area contributed by atoms with Crippen LogP contribution < -0.4 is 10.1 Å². The maximum atomic E-state index is 13.0. The molecule has 1 amide bonds. The van der Waals surface area contributed by atoms with Gasteiger partial charge in [-0.25, -0.2) is 4.79 Å². The van der Waals surface area contributed by atoms with Crippen molar-refractivity contribution in [3.05, 3.63) is 35.0 Å². The Morgan fingerprint density at radius 1 is 1.27 bits per heavy atom. The van der Waals surface area contributed by atoms with Crippen molar-refractivity contribution in [2.75, 3.05) is 14.2 Å². The van der Waals surface area contributed by atoms with Crippen LogP contribution in [-0.4, -0.2) is 42.1 Å². The van der Waals surface area contributed by atoms with Crippen molar-refractivity contribution in [2.45, 2.75) is 32.7 Å². The molecule has 7 nitrogen and oxygen atoms in total. The quantitative estimate of drug-likeness (QED) is 0.508. The molecule has 0 aromatic heterocycles. The zero-order valence-electron chi connectivity index (χ0n) is 15.5. The summed E-state index contributed by atoms with van der Waals surface area (Å²) in [6.07, 6.45) is 1.86. The van der Waals surface area contributed by atoms with Gasteiger partial charge in [-0.05, 0) is 38.5 Å².